The number of hydrogen-bond acceptors (Lipinski definition) is 15. The third-order valence-electron chi connectivity index (χ3n) is 16.0. The second-order valence-corrected chi connectivity index (χ2v) is 34.8. The maximum Gasteiger partial charge on any atom is 0.306 e. The zero-order chi connectivity index (χ0) is 86.3. The Hall–Kier alpha value is -5.67. The van der Waals surface area contributed by atoms with Crippen LogP contribution in [0.5, 0.6) is 0 Å². The number of non-ortho nitro benzene ring substituents is 2. The normalized spacial score (nSPS) is 11.1. The van der Waals surface area contributed by atoms with Crippen LogP contribution < -0.4 is 0 Å². The molecule has 0 saturated carbocycles. The van der Waals surface area contributed by atoms with Crippen molar-refractivity contribution in [2.45, 2.75) is 29.4 Å². The molecule has 0 radical (unpaired) electrons. The van der Waals surface area contributed by atoms with Crippen LogP contribution in [0.2, 0.25) is 110 Å². The highest BCUT2D eigenvalue weighted by Crippen LogP contribution is 2.57. The van der Waals surface area contributed by atoms with E-state index >= 15 is 0 Å². The lowest BCUT2D eigenvalue weighted by molar-refractivity contribution is -0.387. The van der Waals surface area contributed by atoms with Gasteiger partial charge in [-0.25, -0.2) is 0 Å². The fourth-order valence-corrected chi connectivity index (χ4v) is 20.4. The molecule has 0 aliphatic carbocycles. The Bertz CT molecular complexity index is 5740. The third-order valence-corrected chi connectivity index (χ3v) is 27.9. The van der Waals surface area contributed by atoms with E-state index in [2.05, 4.69) is 0 Å². The summed E-state index contributed by atoms with van der Waals surface area (Å²) in [6.07, 6.45) is 0. The summed E-state index contributed by atoms with van der Waals surface area (Å²) in [5.41, 5.74) is -0.522. The largest absolute Gasteiger partial charge is 0.306 e. The van der Waals surface area contributed by atoms with E-state index in [-0.39, 0.29) is 178 Å². The van der Waals surface area contributed by atoms with Gasteiger partial charge < -0.3 is 0 Å². The number of nitro benzene ring substituents is 6. The second kappa shape index (κ2) is 39.2. The van der Waals surface area contributed by atoms with Gasteiger partial charge in [-0.3, -0.25) is 60.7 Å². The van der Waals surface area contributed by atoms with Crippen LogP contribution in [0.1, 0.15) is 0 Å². The van der Waals surface area contributed by atoms with Crippen molar-refractivity contribution < 1.29 is 38.3 Å². The van der Waals surface area contributed by atoms with E-state index in [1.807, 2.05) is 0 Å². The summed E-state index contributed by atoms with van der Waals surface area (Å²) >= 11 is 145. The van der Waals surface area contributed by atoms with Crippen molar-refractivity contribution >= 4 is 325 Å². The highest BCUT2D eigenvalue weighted by atomic mass is 35.5. The zero-order valence-electron chi connectivity index (χ0n) is 55.7. The molecule has 18 nitrogen and oxygen atoms in total. The Morgan fingerprint density at radius 3 is 0.658 bits per heavy atom. The van der Waals surface area contributed by atoms with Crippen LogP contribution in [0.4, 0.5) is 42.9 Å². The van der Waals surface area contributed by atoms with Crippen molar-refractivity contribution in [2.75, 3.05) is 0 Å². The molecule has 0 saturated heterocycles. The minimum atomic E-state index is -1.14. The van der Waals surface area contributed by atoms with Crippen LogP contribution in [0.15, 0.2) is 175 Å². The zero-order valence-corrected chi connectivity index (χ0v) is 74.8. The van der Waals surface area contributed by atoms with Crippen molar-refractivity contribution in [1.82, 2.24) is 0 Å². The summed E-state index contributed by atoms with van der Waals surface area (Å²) < 4.78 is 28.8. The molecule has 0 N–H and O–H groups in total. The minimum absolute atomic E-state index is 0.0191. The van der Waals surface area contributed by atoms with Gasteiger partial charge in [0.15, 0.2) is 0 Å². The minimum Gasteiger partial charge on any atom is -0.258 e. The Balaban J connectivity index is 0.000000185. The molecule has 0 heterocycles. The summed E-state index contributed by atoms with van der Waals surface area (Å²) in [7, 11) is 0. The number of nitro groups is 6. The van der Waals surface area contributed by atoms with Gasteiger partial charge in [0.05, 0.1) is 130 Å². The smallest absolute Gasteiger partial charge is 0.258 e. The maximum absolute atomic E-state index is 14.4. The molecule has 0 aliphatic rings. The number of rotatable bonds is 18. The molecule has 12 rings (SSSR count). The van der Waals surface area contributed by atoms with Crippen molar-refractivity contribution in [3.63, 3.8) is 0 Å². The van der Waals surface area contributed by atoms with E-state index in [1.165, 1.54) is 36.4 Å². The molecule has 0 fully saturated rings. The predicted octanol–water partition coefficient (Wildman–Crippen LogP) is 35.6. The molecule has 12 aromatic rings. The van der Waals surface area contributed by atoms with Gasteiger partial charge in [-0.1, -0.05) is 291 Å². The Kier molecular flexibility index (Phi) is 31.4. The first-order valence-corrected chi connectivity index (χ1v) is 41.5. The first-order valence-electron chi connectivity index (χ1n) is 30.7. The van der Waals surface area contributed by atoms with Crippen molar-refractivity contribution in [1.29, 1.82) is 0 Å². The van der Waals surface area contributed by atoms with Gasteiger partial charge in [0.2, 0.25) is 11.6 Å². The molecule has 0 spiro atoms. The van der Waals surface area contributed by atoms with E-state index in [9.17, 15) is 69.5 Å². The summed E-state index contributed by atoms with van der Waals surface area (Å²) in [5, 5.41) is 67.6. The molecular formula is C72H24Cl22F2N6O12S3. The lowest BCUT2D eigenvalue weighted by atomic mass is 10.0. The SMILES string of the molecule is O=[N+]([O-])c1cc(Cl)c(-c2c(Cl)ccc(Sc3ccc(Cl)c(-c4c(Cl)cc([N+](=O)[O-])cc4Cl)c3Cl)c2Cl)c(Cl)c1.O=[N+]([O-])c1cc(Cl)c(-c2c(Cl)ccc(Sc3ccc(Cl)c(-c4cc(F)c([N+](=O)[O-])cc4Cl)c3Cl)c2Cl)cc1F.O=[N+]([O-])c1ccc(-c2c(Cl)ccc(Sc3ccc(Cl)c(-c4ccc([N+](=O)[O-])c(Cl)c4Cl)c3Cl)c2Cl)c(Cl)c1Cl. The molecule has 117 heavy (non-hydrogen) atoms. The van der Waals surface area contributed by atoms with Crippen LogP contribution in [-0.4, -0.2) is 29.5 Å². The fraction of sp³-hybridized carbons (Fsp3) is 0. The lowest BCUT2D eigenvalue weighted by Crippen LogP contribution is -1.95. The molecule has 0 bridgehead atoms. The van der Waals surface area contributed by atoms with Gasteiger partial charge >= 0.3 is 11.4 Å². The number of halogens is 24. The third kappa shape index (κ3) is 20.0. The highest BCUT2D eigenvalue weighted by Gasteiger charge is 2.31. The summed E-state index contributed by atoms with van der Waals surface area (Å²) in [6, 6.07) is 32.2. The molecular weight excluding hydrogens is 2050 g/mol. The standard InChI is InChI=1S/2C24H8Cl8N2O4S.C24H8Cl6F2N2O4S/c25-11-3-7-15(23(31)17(11)9-1-5-13(33(35)36)21(29)19(9)27)39-16-8-4-12(26)18(24(16)32)10-2-6-14(34(37)38)22(30)20(10)28;25-11-1-3-17(23(31)21(11)19-13(27)5-9(33(35)36)6-14(19)28)39-18-4-2-12(26)22(24(18)32)20-15(29)7-10(34(37)38)8-16(20)30;25-11-1-3-19(23(29)21(11)9-5-15(31)17(33(35)36)7-13(9)27)39-20-4-2-12(26)22(24(20)30)10-6-16(32)18(34(37)38)8-14(10)28/h3*1-8H. The van der Waals surface area contributed by atoms with E-state index in [0.717, 1.165) is 83.8 Å². The quantitative estimate of drug-likeness (QED) is 0.0571. The highest BCUT2D eigenvalue weighted by molar-refractivity contribution is 8.00. The van der Waals surface area contributed by atoms with Gasteiger partial charge in [-0.2, -0.15) is 8.78 Å². The van der Waals surface area contributed by atoms with Crippen LogP contribution in [0.25, 0.3) is 66.8 Å². The van der Waals surface area contributed by atoms with Crippen molar-refractivity contribution in [2.24, 2.45) is 0 Å². The molecule has 12 aromatic carbocycles. The van der Waals surface area contributed by atoms with Crippen molar-refractivity contribution in [3.8, 4) is 66.8 Å². The van der Waals surface area contributed by atoms with Crippen LogP contribution >= 0.6 is 291 Å². The fourth-order valence-electron chi connectivity index (χ4n) is 10.8. The Morgan fingerprint density at radius 2 is 0.427 bits per heavy atom. The van der Waals surface area contributed by atoms with Crippen molar-refractivity contribution in [3.05, 3.63) is 328 Å². The average molecular weight is 2080 g/mol. The topological polar surface area (TPSA) is 259 Å². The molecule has 600 valence electrons. The number of nitrogens with zero attached hydrogens (tertiary/aromatic N) is 6. The van der Waals surface area contributed by atoms with Crippen LogP contribution in [-0.2, 0) is 0 Å². The monoisotopic (exact) mass is 2070 g/mol. The van der Waals surface area contributed by atoms with Crippen LogP contribution in [0, 0.1) is 72.3 Å². The summed E-state index contributed by atoms with van der Waals surface area (Å²) in [5.74, 6) is -2.27. The van der Waals surface area contributed by atoms with E-state index in [4.69, 9.17) is 255 Å². The van der Waals surface area contributed by atoms with Gasteiger partial charge in [-0.05, 0) is 97.1 Å². The molecule has 0 aliphatic heterocycles. The van der Waals surface area contributed by atoms with E-state index in [1.54, 1.807) is 60.7 Å². The molecule has 0 aromatic heterocycles. The first kappa shape index (κ1) is 93.6. The summed E-state index contributed by atoms with van der Waals surface area (Å²) in [6.45, 7) is 0. The molecule has 0 unspecified atom stereocenters. The Morgan fingerprint density at radius 1 is 0.205 bits per heavy atom. The average Bonchev–Trinajstić information content (AvgIpc) is 0.779. The molecule has 0 atom stereocenters. The molecule has 45 heteroatoms. The number of hydrogen-bond donors (Lipinski definition) is 0. The predicted molar refractivity (Wildman–Crippen MR) is 474 cm³/mol. The first-order chi connectivity index (χ1) is 55.0. The van der Waals surface area contributed by atoms with Gasteiger partial charge in [0, 0.05) is 145 Å². The van der Waals surface area contributed by atoms with Gasteiger partial charge in [0.1, 0.15) is 10.0 Å². The summed E-state index contributed by atoms with van der Waals surface area (Å²) in [4.78, 5) is 65.3. The second-order valence-electron chi connectivity index (χ2n) is 22.9. The molecule has 0 amide bonds. The van der Waals surface area contributed by atoms with Gasteiger partial charge in [0.25, 0.3) is 22.7 Å². The van der Waals surface area contributed by atoms with E-state index < -0.39 is 52.5 Å². The van der Waals surface area contributed by atoms with E-state index in [0.29, 0.717) is 51.6 Å². The maximum atomic E-state index is 14.4. The van der Waals surface area contributed by atoms with Crippen LogP contribution in [0.3, 0.4) is 0 Å². The lowest BCUT2D eigenvalue weighted by Gasteiger charge is -2.17. The number of benzene rings is 12. The Labute approximate surface area is 778 Å². The van der Waals surface area contributed by atoms with Gasteiger partial charge in [-0.15, -0.1) is 0 Å².